The highest BCUT2D eigenvalue weighted by Gasteiger charge is 2.28. The second kappa shape index (κ2) is 8.95. The van der Waals surface area contributed by atoms with E-state index in [0.717, 1.165) is 38.6 Å². The molecule has 20 heavy (non-hydrogen) atoms. The molecule has 1 aliphatic heterocycles. The van der Waals surface area contributed by atoms with Gasteiger partial charge in [0.1, 0.15) is 6.54 Å². The van der Waals surface area contributed by atoms with E-state index in [9.17, 15) is 9.59 Å². The van der Waals surface area contributed by atoms with Crippen molar-refractivity contribution in [3.8, 4) is 0 Å². The predicted molar refractivity (Wildman–Crippen MR) is 78.3 cm³/mol. The van der Waals surface area contributed by atoms with Crippen molar-refractivity contribution in [2.45, 2.75) is 52.0 Å². The lowest BCUT2D eigenvalue weighted by Crippen LogP contribution is -2.51. The highest BCUT2D eigenvalue weighted by Crippen LogP contribution is 2.14. The molecule has 1 rings (SSSR count). The van der Waals surface area contributed by atoms with E-state index in [-0.39, 0.29) is 24.5 Å². The third-order valence-electron chi connectivity index (χ3n) is 4.10. The molecule has 5 heteroatoms. The summed E-state index contributed by atoms with van der Waals surface area (Å²) in [5.74, 6) is 0.134. The van der Waals surface area contributed by atoms with Crippen LogP contribution >= 0.6 is 0 Å². The molecule has 0 saturated carbocycles. The van der Waals surface area contributed by atoms with Gasteiger partial charge in [0.2, 0.25) is 5.91 Å². The van der Waals surface area contributed by atoms with Gasteiger partial charge in [0.15, 0.2) is 0 Å². The van der Waals surface area contributed by atoms with Crippen LogP contribution in [0.25, 0.3) is 0 Å². The highest BCUT2D eigenvalue weighted by atomic mass is 16.5. The Morgan fingerprint density at radius 2 is 2.00 bits per heavy atom. The number of nitrogens with zero attached hydrogens (tertiary/aromatic N) is 1. The van der Waals surface area contributed by atoms with Gasteiger partial charge in [-0.2, -0.15) is 0 Å². The van der Waals surface area contributed by atoms with E-state index in [4.69, 9.17) is 4.74 Å². The van der Waals surface area contributed by atoms with Crippen molar-refractivity contribution in [2.24, 2.45) is 5.92 Å². The van der Waals surface area contributed by atoms with E-state index in [1.165, 1.54) is 7.11 Å². The molecule has 1 fully saturated rings. The summed E-state index contributed by atoms with van der Waals surface area (Å²) >= 11 is 0. The van der Waals surface area contributed by atoms with Crippen molar-refractivity contribution in [3.05, 3.63) is 0 Å². The molecule has 1 heterocycles. The predicted octanol–water partition coefficient (Wildman–Crippen LogP) is 1.57. The fourth-order valence-corrected chi connectivity index (χ4v) is 2.59. The maximum Gasteiger partial charge on any atom is 0.325 e. The standard InChI is InChI=1S/C15H28N2O3/c1-4-12(5-2)10-17(11-14(18)20-3)15(19)13-8-6-7-9-16-13/h12-13,16H,4-11H2,1-3H3/t13-/m1/s1. The molecule has 0 aliphatic carbocycles. The van der Waals surface area contributed by atoms with Gasteiger partial charge in [0, 0.05) is 6.54 Å². The monoisotopic (exact) mass is 284 g/mol. The Morgan fingerprint density at radius 3 is 2.50 bits per heavy atom. The van der Waals surface area contributed by atoms with Gasteiger partial charge in [-0.3, -0.25) is 9.59 Å². The van der Waals surface area contributed by atoms with E-state index >= 15 is 0 Å². The molecule has 1 N–H and O–H groups in total. The van der Waals surface area contributed by atoms with Crippen LogP contribution in [0, 0.1) is 5.92 Å². The summed E-state index contributed by atoms with van der Waals surface area (Å²) in [6.07, 6.45) is 5.08. The number of ether oxygens (including phenoxy) is 1. The molecule has 0 aromatic carbocycles. The van der Waals surface area contributed by atoms with Crippen molar-refractivity contribution in [3.63, 3.8) is 0 Å². The Hall–Kier alpha value is -1.10. The van der Waals surface area contributed by atoms with Gasteiger partial charge >= 0.3 is 5.97 Å². The minimum absolute atomic E-state index is 0.0435. The smallest absolute Gasteiger partial charge is 0.325 e. The Bertz CT molecular complexity index is 310. The fourth-order valence-electron chi connectivity index (χ4n) is 2.59. The molecular weight excluding hydrogens is 256 g/mol. The summed E-state index contributed by atoms with van der Waals surface area (Å²) in [6.45, 7) is 5.82. The Labute approximate surface area is 122 Å². The van der Waals surface area contributed by atoms with Crippen LogP contribution in [0.4, 0.5) is 0 Å². The zero-order valence-corrected chi connectivity index (χ0v) is 13.0. The van der Waals surface area contributed by atoms with Crippen molar-refractivity contribution in [2.75, 3.05) is 26.7 Å². The van der Waals surface area contributed by atoms with E-state index in [1.807, 2.05) is 0 Å². The number of esters is 1. The number of methoxy groups -OCH3 is 1. The van der Waals surface area contributed by atoms with Crippen LogP contribution in [-0.4, -0.2) is 49.6 Å². The molecule has 0 aromatic rings. The lowest BCUT2D eigenvalue weighted by molar-refractivity contribution is -0.148. The number of hydrogen-bond acceptors (Lipinski definition) is 4. The first-order valence-corrected chi connectivity index (χ1v) is 7.71. The molecule has 0 radical (unpaired) electrons. The van der Waals surface area contributed by atoms with Crippen LogP contribution in [0.1, 0.15) is 46.0 Å². The summed E-state index contributed by atoms with van der Waals surface area (Å²) in [7, 11) is 1.36. The van der Waals surface area contributed by atoms with Crippen LogP contribution in [0.15, 0.2) is 0 Å². The molecule has 0 bridgehead atoms. The van der Waals surface area contributed by atoms with Gasteiger partial charge in [-0.25, -0.2) is 0 Å². The number of carbonyl (C=O) groups is 2. The van der Waals surface area contributed by atoms with Gasteiger partial charge in [0.05, 0.1) is 13.2 Å². The fraction of sp³-hybridized carbons (Fsp3) is 0.867. The molecule has 0 unspecified atom stereocenters. The van der Waals surface area contributed by atoms with E-state index in [1.54, 1.807) is 4.90 Å². The van der Waals surface area contributed by atoms with Crippen LogP contribution in [-0.2, 0) is 14.3 Å². The van der Waals surface area contributed by atoms with E-state index in [2.05, 4.69) is 19.2 Å². The molecule has 5 nitrogen and oxygen atoms in total. The van der Waals surface area contributed by atoms with Crippen LogP contribution in [0.5, 0.6) is 0 Å². The average molecular weight is 284 g/mol. The van der Waals surface area contributed by atoms with Gasteiger partial charge in [0.25, 0.3) is 0 Å². The first kappa shape index (κ1) is 17.0. The van der Waals surface area contributed by atoms with Crippen molar-refractivity contribution in [1.82, 2.24) is 10.2 Å². The van der Waals surface area contributed by atoms with Gasteiger partial charge in [-0.15, -0.1) is 0 Å². The number of nitrogens with one attached hydrogen (secondary N) is 1. The minimum atomic E-state index is -0.347. The lowest BCUT2D eigenvalue weighted by Gasteiger charge is -2.31. The van der Waals surface area contributed by atoms with E-state index in [0.29, 0.717) is 12.5 Å². The first-order chi connectivity index (χ1) is 9.62. The number of carbonyl (C=O) groups excluding carboxylic acids is 2. The normalized spacial score (nSPS) is 18.9. The average Bonchev–Trinajstić information content (AvgIpc) is 2.51. The summed E-state index contributed by atoms with van der Waals surface area (Å²) in [5, 5.41) is 3.26. The number of hydrogen-bond donors (Lipinski definition) is 1. The topological polar surface area (TPSA) is 58.6 Å². The molecule has 0 aromatic heterocycles. The molecule has 1 aliphatic rings. The van der Waals surface area contributed by atoms with Crippen LogP contribution in [0.3, 0.4) is 0 Å². The minimum Gasteiger partial charge on any atom is -0.468 e. The summed E-state index contributed by atoms with van der Waals surface area (Å²) in [5.41, 5.74) is 0. The van der Waals surface area contributed by atoms with Gasteiger partial charge in [-0.1, -0.05) is 33.1 Å². The molecule has 0 spiro atoms. The molecule has 1 atom stereocenters. The molecule has 1 saturated heterocycles. The number of amides is 1. The van der Waals surface area contributed by atoms with Crippen molar-refractivity contribution in [1.29, 1.82) is 0 Å². The Balaban J connectivity index is 2.68. The SMILES string of the molecule is CCC(CC)CN(CC(=O)OC)C(=O)[C@H]1CCCCN1. The maximum absolute atomic E-state index is 12.6. The third-order valence-corrected chi connectivity index (χ3v) is 4.10. The lowest BCUT2D eigenvalue weighted by atomic mass is 10.0. The zero-order valence-electron chi connectivity index (χ0n) is 13.0. The van der Waals surface area contributed by atoms with Crippen molar-refractivity contribution < 1.29 is 14.3 Å². The van der Waals surface area contributed by atoms with E-state index < -0.39 is 0 Å². The van der Waals surface area contributed by atoms with Crippen LogP contribution < -0.4 is 5.32 Å². The summed E-state index contributed by atoms with van der Waals surface area (Å²) in [6, 6.07) is -0.136. The zero-order chi connectivity index (χ0) is 15.0. The second-order valence-corrected chi connectivity index (χ2v) is 5.48. The summed E-state index contributed by atoms with van der Waals surface area (Å²) < 4.78 is 4.71. The Kier molecular flexibility index (Phi) is 7.59. The number of rotatable bonds is 7. The molecule has 116 valence electrons. The Morgan fingerprint density at radius 1 is 1.30 bits per heavy atom. The second-order valence-electron chi connectivity index (χ2n) is 5.48. The maximum atomic E-state index is 12.6. The first-order valence-electron chi connectivity index (χ1n) is 7.71. The van der Waals surface area contributed by atoms with Crippen molar-refractivity contribution >= 4 is 11.9 Å². The third kappa shape index (κ3) is 5.12. The number of piperidine rings is 1. The largest absolute Gasteiger partial charge is 0.468 e. The van der Waals surface area contributed by atoms with Crippen LogP contribution in [0.2, 0.25) is 0 Å². The molecule has 1 amide bonds. The van der Waals surface area contributed by atoms with Gasteiger partial charge < -0.3 is 15.0 Å². The summed E-state index contributed by atoms with van der Waals surface area (Å²) in [4.78, 5) is 25.8. The highest BCUT2D eigenvalue weighted by molar-refractivity contribution is 5.85. The quantitative estimate of drug-likeness (QED) is 0.721. The molecular formula is C15H28N2O3. The van der Waals surface area contributed by atoms with Gasteiger partial charge in [-0.05, 0) is 25.3 Å².